The highest BCUT2D eigenvalue weighted by Crippen LogP contribution is 2.27. The average Bonchev–Trinajstić information content (AvgIpc) is 2.27. The molecule has 0 aromatic carbocycles. The van der Waals surface area contributed by atoms with Gasteiger partial charge in [-0.2, -0.15) is 0 Å². The fourth-order valence-corrected chi connectivity index (χ4v) is 2.22. The first-order valence-electron chi connectivity index (χ1n) is 6.35. The molecule has 1 aromatic rings. The summed E-state index contributed by atoms with van der Waals surface area (Å²) in [6.45, 7) is 7.24. The molecular formula is C12H22N4O2S. The van der Waals surface area contributed by atoms with Crippen molar-refractivity contribution >= 4 is 21.5 Å². The molecule has 0 bridgehead atoms. The van der Waals surface area contributed by atoms with E-state index in [4.69, 9.17) is 0 Å². The van der Waals surface area contributed by atoms with Gasteiger partial charge in [-0.25, -0.2) is 18.4 Å². The molecule has 0 spiro atoms. The number of hydrogen-bond acceptors (Lipinski definition) is 6. The van der Waals surface area contributed by atoms with E-state index < -0.39 is 9.84 Å². The molecule has 1 aromatic heterocycles. The Morgan fingerprint density at radius 3 is 2.26 bits per heavy atom. The quantitative estimate of drug-likeness (QED) is 0.790. The minimum atomic E-state index is -2.97. The number of hydrogen-bond donors (Lipinski definition) is 2. The predicted octanol–water partition coefficient (Wildman–Crippen LogP) is 1.49. The highest BCUT2D eigenvalue weighted by atomic mass is 32.2. The van der Waals surface area contributed by atoms with Crippen molar-refractivity contribution in [2.24, 2.45) is 0 Å². The Morgan fingerprint density at radius 2 is 1.79 bits per heavy atom. The molecule has 0 atom stereocenters. The van der Waals surface area contributed by atoms with Gasteiger partial charge in [0.05, 0.1) is 5.75 Å². The van der Waals surface area contributed by atoms with Gasteiger partial charge in [0.2, 0.25) is 0 Å². The van der Waals surface area contributed by atoms with Crippen LogP contribution in [0.25, 0.3) is 0 Å². The summed E-state index contributed by atoms with van der Waals surface area (Å²) in [6.07, 6.45) is 2.70. The second-order valence-corrected chi connectivity index (χ2v) is 6.99. The second-order valence-electron chi connectivity index (χ2n) is 4.73. The predicted molar refractivity (Wildman–Crippen MR) is 78.5 cm³/mol. The summed E-state index contributed by atoms with van der Waals surface area (Å²) in [6, 6.07) is 0. The molecule has 0 unspecified atom stereocenters. The molecule has 0 fully saturated rings. The van der Waals surface area contributed by atoms with Gasteiger partial charge in [0.1, 0.15) is 27.8 Å². The fraction of sp³-hybridized carbons (Fsp3) is 0.667. The van der Waals surface area contributed by atoms with Crippen LogP contribution in [0, 0.1) is 0 Å². The smallest absolute Gasteiger partial charge is 0.149 e. The molecule has 108 valence electrons. The highest BCUT2D eigenvalue weighted by molar-refractivity contribution is 7.90. The lowest BCUT2D eigenvalue weighted by atomic mass is 10.0. The van der Waals surface area contributed by atoms with Crippen LogP contribution in [0.1, 0.15) is 32.3 Å². The zero-order chi connectivity index (χ0) is 14.5. The van der Waals surface area contributed by atoms with Crippen LogP contribution in [0.5, 0.6) is 0 Å². The topological polar surface area (TPSA) is 84.0 Å². The number of rotatable bonds is 7. The maximum absolute atomic E-state index is 11.1. The molecule has 0 aliphatic carbocycles. The Kier molecular flexibility index (Phi) is 5.53. The zero-order valence-corrected chi connectivity index (χ0v) is 12.7. The monoisotopic (exact) mass is 286 g/mol. The lowest BCUT2D eigenvalue weighted by molar-refractivity contribution is 0.602. The summed E-state index contributed by atoms with van der Waals surface area (Å²) >= 11 is 0. The molecule has 0 saturated carbocycles. The van der Waals surface area contributed by atoms with Gasteiger partial charge in [0.25, 0.3) is 0 Å². The Bertz CT molecular complexity index is 514. The summed E-state index contributed by atoms with van der Waals surface area (Å²) in [5, 5.41) is 6.27. The Morgan fingerprint density at radius 1 is 1.21 bits per heavy atom. The standard InChI is InChI=1S/C12H22N4O2S/c1-5-13-11-10(9(2)3)12(16-8-15-11)14-6-7-19(4,17)18/h8-9H,5-7H2,1-4H3,(H2,13,14,15,16). The highest BCUT2D eigenvalue weighted by Gasteiger charge is 2.14. The molecule has 2 N–H and O–H groups in total. The van der Waals surface area contributed by atoms with Crippen LogP contribution in [0.3, 0.4) is 0 Å². The van der Waals surface area contributed by atoms with Crippen molar-refractivity contribution in [1.29, 1.82) is 0 Å². The van der Waals surface area contributed by atoms with Gasteiger partial charge in [-0.15, -0.1) is 0 Å². The van der Waals surface area contributed by atoms with Gasteiger partial charge in [0, 0.05) is 24.9 Å². The Hall–Kier alpha value is -1.37. The molecule has 0 amide bonds. The number of anilines is 2. The number of nitrogens with one attached hydrogen (secondary N) is 2. The normalized spacial score (nSPS) is 11.6. The van der Waals surface area contributed by atoms with Crippen molar-refractivity contribution in [2.45, 2.75) is 26.7 Å². The van der Waals surface area contributed by atoms with E-state index in [9.17, 15) is 8.42 Å². The first-order valence-corrected chi connectivity index (χ1v) is 8.41. The van der Waals surface area contributed by atoms with Crippen molar-refractivity contribution in [3.63, 3.8) is 0 Å². The minimum Gasteiger partial charge on any atom is -0.370 e. The summed E-state index contributed by atoms with van der Waals surface area (Å²) in [5.41, 5.74) is 0.984. The molecule has 6 nitrogen and oxygen atoms in total. The van der Waals surface area contributed by atoms with E-state index in [1.807, 2.05) is 6.92 Å². The number of aromatic nitrogens is 2. The minimum absolute atomic E-state index is 0.0884. The SMILES string of the molecule is CCNc1ncnc(NCCS(C)(=O)=O)c1C(C)C. The maximum Gasteiger partial charge on any atom is 0.149 e. The van der Waals surface area contributed by atoms with Crippen LogP contribution >= 0.6 is 0 Å². The van der Waals surface area contributed by atoms with E-state index in [0.717, 1.165) is 17.9 Å². The summed E-state index contributed by atoms with van der Waals surface area (Å²) in [5.74, 6) is 1.83. The molecular weight excluding hydrogens is 264 g/mol. The molecule has 7 heteroatoms. The number of sulfone groups is 1. The van der Waals surface area contributed by atoms with Gasteiger partial charge in [-0.3, -0.25) is 0 Å². The third kappa shape index (κ3) is 5.02. The van der Waals surface area contributed by atoms with Crippen LogP contribution in [0.15, 0.2) is 6.33 Å². The molecule has 0 aliphatic heterocycles. The third-order valence-electron chi connectivity index (χ3n) is 2.57. The first-order chi connectivity index (χ1) is 8.85. The van der Waals surface area contributed by atoms with Crippen molar-refractivity contribution in [2.75, 3.05) is 35.7 Å². The van der Waals surface area contributed by atoms with E-state index in [1.54, 1.807) is 0 Å². The van der Waals surface area contributed by atoms with Crippen LogP contribution in [0.2, 0.25) is 0 Å². The van der Waals surface area contributed by atoms with E-state index in [0.29, 0.717) is 12.4 Å². The fourth-order valence-electron chi connectivity index (χ4n) is 1.75. The van der Waals surface area contributed by atoms with Crippen LogP contribution in [0.4, 0.5) is 11.6 Å². The largest absolute Gasteiger partial charge is 0.370 e. The van der Waals surface area contributed by atoms with E-state index in [-0.39, 0.29) is 11.7 Å². The van der Waals surface area contributed by atoms with E-state index in [2.05, 4.69) is 34.4 Å². The van der Waals surface area contributed by atoms with Crippen LogP contribution in [-0.2, 0) is 9.84 Å². The molecule has 19 heavy (non-hydrogen) atoms. The van der Waals surface area contributed by atoms with Gasteiger partial charge in [-0.1, -0.05) is 13.8 Å². The summed E-state index contributed by atoms with van der Waals surface area (Å²) in [7, 11) is -2.97. The van der Waals surface area contributed by atoms with Crippen molar-refractivity contribution in [3.8, 4) is 0 Å². The molecule has 0 aliphatic rings. The first kappa shape index (κ1) is 15.7. The molecule has 0 saturated heterocycles. The third-order valence-corrected chi connectivity index (χ3v) is 3.52. The molecule has 1 heterocycles. The average molecular weight is 286 g/mol. The van der Waals surface area contributed by atoms with Crippen molar-refractivity contribution in [3.05, 3.63) is 11.9 Å². The van der Waals surface area contributed by atoms with E-state index >= 15 is 0 Å². The van der Waals surface area contributed by atoms with Gasteiger partial charge >= 0.3 is 0 Å². The van der Waals surface area contributed by atoms with Gasteiger partial charge < -0.3 is 10.6 Å². The van der Waals surface area contributed by atoms with Gasteiger partial charge in [0.15, 0.2) is 0 Å². The van der Waals surface area contributed by atoms with E-state index in [1.165, 1.54) is 12.6 Å². The van der Waals surface area contributed by atoms with Crippen molar-refractivity contribution in [1.82, 2.24) is 9.97 Å². The van der Waals surface area contributed by atoms with Crippen molar-refractivity contribution < 1.29 is 8.42 Å². The summed E-state index contributed by atoms with van der Waals surface area (Å²) in [4.78, 5) is 8.43. The Balaban J connectivity index is 2.90. The number of nitrogens with zero attached hydrogens (tertiary/aromatic N) is 2. The molecule has 0 radical (unpaired) electrons. The summed E-state index contributed by atoms with van der Waals surface area (Å²) < 4.78 is 22.2. The lowest BCUT2D eigenvalue weighted by Gasteiger charge is -2.17. The van der Waals surface area contributed by atoms with Crippen LogP contribution in [-0.4, -0.2) is 43.5 Å². The van der Waals surface area contributed by atoms with Crippen LogP contribution < -0.4 is 10.6 Å². The molecule has 1 rings (SSSR count). The maximum atomic E-state index is 11.1. The second kappa shape index (κ2) is 6.70. The van der Waals surface area contributed by atoms with Gasteiger partial charge in [-0.05, 0) is 12.8 Å². The zero-order valence-electron chi connectivity index (χ0n) is 11.9. The Labute approximate surface area is 115 Å². The lowest BCUT2D eigenvalue weighted by Crippen LogP contribution is -2.17.